The Balaban J connectivity index is -0.000000126. The Morgan fingerprint density at radius 2 is 0.961 bits per heavy atom. The van der Waals surface area contributed by atoms with E-state index in [1.807, 2.05) is 78.9 Å². The maximum absolute atomic E-state index is 3.72. The number of rotatable bonds is 3. The third-order valence-electron chi connectivity index (χ3n) is 5.90. The van der Waals surface area contributed by atoms with Crippen LogP contribution in [0.25, 0.3) is 32.7 Å². The van der Waals surface area contributed by atoms with E-state index in [1.54, 1.807) is 0 Å². The molecule has 0 saturated carbocycles. The van der Waals surface area contributed by atoms with Gasteiger partial charge in [0.25, 0.3) is 0 Å². The normalized spacial score (nSPS) is 8.31. The van der Waals surface area contributed by atoms with Crippen LogP contribution in [0.2, 0.25) is 0 Å². The minimum Gasteiger partial charge on any atom is -0.343 e. The average molecular weight is 635 g/mol. The van der Waals surface area contributed by atoms with E-state index in [9.17, 15) is 0 Å². The van der Waals surface area contributed by atoms with Crippen molar-refractivity contribution in [2.24, 2.45) is 0 Å². The number of hydrogen-bond acceptors (Lipinski definition) is 0. The molecule has 0 aliphatic rings. The van der Waals surface area contributed by atoms with E-state index in [0.29, 0.717) is 0 Å². The van der Waals surface area contributed by atoms with Crippen LogP contribution in [0, 0.1) is 38.3 Å². The van der Waals surface area contributed by atoms with Crippen molar-refractivity contribution < 1.29 is 113 Å². The molecule has 0 bridgehead atoms. The molecule has 0 saturated heterocycles. The minimum absolute atomic E-state index is 0. The largest absolute Gasteiger partial charge is 1.00 e. The second kappa shape index (κ2) is 42.0. The molecule has 0 fully saturated rings. The predicted octanol–water partition coefficient (Wildman–Crippen LogP) is -4.30. The van der Waals surface area contributed by atoms with Crippen molar-refractivity contribution in [2.75, 3.05) is 0 Å². The Kier molecular flexibility index (Phi) is 51.3. The van der Waals surface area contributed by atoms with E-state index in [2.05, 4.69) is 135 Å². The summed E-state index contributed by atoms with van der Waals surface area (Å²) in [5.41, 5.74) is 3.44. The molecule has 6 rings (SSSR count). The molecule has 0 unspecified atom stereocenters. The summed E-state index contributed by atoms with van der Waals surface area (Å²) < 4.78 is 0. The Morgan fingerprint density at radius 3 is 1.29 bits per heavy atom. The van der Waals surface area contributed by atoms with Crippen LogP contribution in [0.3, 0.4) is 0 Å². The van der Waals surface area contributed by atoms with Crippen LogP contribution in [-0.4, -0.2) is 0 Å². The molecule has 0 atom stereocenters. The summed E-state index contributed by atoms with van der Waals surface area (Å²) in [6.45, 7) is 19.9. The van der Waals surface area contributed by atoms with Gasteiger partial charge in [0.15, 0.2) is 0 Å². The van der Waals surface area contributed by atoms with Gasteiger partial charge in [-0.1, -0.05) is 109 Å². The first-order valence-electron chi connectivity index (χ1n) is 15.9. The minimum atomic E-state index is 0. The van der Waals surface area contributed by atoms with Gasteiger partial charge in [0.2, 0.25) is 0 Å². The summed E-state index contributed by atoms with van der Waals surface area (Å²) >= 11 is 0. The van der Waals surface area contributed by atoms with Gasteiger partial charge in [-0.3, -0.25) is 0 Å². The Bertz CT molecular complexity index is 1370. The van der Waals surface area contributed by atoms with Crippen LogP contribution in [0.4, 0.5) is 0 Å². The molecule has 238 valence electrons. The smallest absolute Gasteiger partial charge is 0.343 e. The Labute approximate surface area is 386 Å². The molecule has 0 amide bonds. The van der Waals surface area contributed by atoms with Gasteiger partial charge in [-0.15, -0.1) is 83.1 Å². The second-order valence-corrected chi connectivity index (χ2v) is 10.7. The van der Waals surface area contributed by atoms with Gasteiger partial charge in [-0.25, -0.2) is 0 Å². The van der Waals surface area contributed by atoms with E-state index < -0.39 is 0 Å². The van der Waals surface area contributed by atoms with E-state index in [-0.39, 0.29) is 113 Å². The SMILES string of the molecule is C[C-](C)C.C[CH-]CC.[CH2-]CCC.[CH2-]c1ccccc1.[Li+].[Li+].[Li+].[Li+].[Li+].[Li+].[c-]1c2ccccc2cc2ccccc12.[c-]1ccccc1-c1ccccc1. The van der Waals surface area contributed by atoms with Crippen LogP contribution in [0.5, 0.6) is 0 Å². The van der Waals surface area contributed by atoms with Crippen LogP contribution in [0.1, 0.15) is 66.4 Å². The van der Waals surface area contributed by atoms with Crippen molar-refractivity contribution in [2.45, 2.75) is 60.8 Å². The fourth-order valence-electron chi connectivity index (χ4n) is 3.45. The van der Waals surface area contributed by atoms with E-state index >= 15 is 0 Å². The van der Waals surface area contributed by atoms with Crippen molar-refractivity contribution in [3.05, 3.63) is 183 Å². The average Bonchev–Trinajstić information content (AvgIpc) is 3.09. The predicted molar refractivity (Wildman–Crippen MR) is 203 cm³/mol. The fraction of sp³-hybridized carbons (Fsp3) is 0.200. The van der Waals surface area contributed by atoms with Crippen molar-refractivity contribution in [1.29, 1.82) is 0 Å². The summed E-state index contributed by atoms with van der Waals surface area (Å²) in [4.78, 5) is 0. The number of fused-ring (bicyclic) bond motifs is 2. The summed E-state index contributed by atoms with van der Waals surface area (Å²) in [7, 11) is 0. The molecule has 0 spiro atoms. The zero-order valence-electron chi connectivity index (χ0n) is 34.4. The van der Waals surface area contributed by atoms with Gasteiger partial charge < -0.3 is 19.3 Å². The zero-order chi connectivity index (χ0) is 33.1. The van der Waals surface area contributed by atoms with E-state index in [4.69, 9.17) is 0 Å². The number of hydrogen-bond donors (Lipinski definition) is 0. The van der Waals surface area contributed by atoms with Crippen molar-refractivity contribution in [3.8, 4) is 11.1 Å². The van der Waals surface area contributed by atoms with Gasteiger partial charge in [-0.05, 0) is 0 Å². The maximum Gasteiger partial charge on any atom is 1.00 e. The van der Waals surface area contributed by atoms with Gasteiger partial charge in [0.05, 0.1) is 0 Å². The molecular formula is C45H52Li6. The summed E-state index contributed by atoms with van der Waals surface area (Å²) in [5, 5.41) is 4.88. The van der Waals surface area contributed by atoms with Crippen LogP contribution >= 0.6 is 0 Å². The summed E-state index contributed by atoms with van der Waals surface area (Å²) in [6.07, 6.45) is 5.60. The first kappa shape index (κ1) is 62.3. The zero-order valence-corrected chi connectivity index (χ0v) is 34.4. The summed E-state index contributed by atoms with van der Waals surface area (Å²) in [5.74, 6) is 1.42. The van der Waals surface area contributed by atoms with Crippen molar-refractivity contribution in [1.82, 2.24) is 0 Å². The van der Waals surface area contributed by atoms with Crippen LogP contribution in [0.15, 0.2) is 140 Å². The monoisotopic (exact) mass is 635 g/mol. The maximum atomic E-state index is 3.72. The van der Waals surface area contributed by atoms with Crippen LogP contribution in [-0.2, 0) is 0 Å². The quantitative estimate of drug-likeness (QED) is 0.105. The van der Waals surface area contributed by atoms with E-state index in [0.717, 1.165) is 17.5 Å². The first-order chi connectivity index (χ1) is 21.9. The van der Waals surface area contributed by atoms with Gasteiger partial charge in [0.1, 0.15) is 0 Å². The van der Waals surface area contributed by atoms with Gasteiger partial charge in [0, 0.05) is 0 Å². The van der Waals surface area contributed by atoms with Crippen LogP contribution < -0.4 is 113 Å². The molecule has 0 aliphatic carbocycles. The molecule has 0 aromatic heterocycles. The standard InChI is InChI=1S/C14H9.C12H9.C7H7.3C4H9.6Li/c1-2-6-12-10-14-8-4-3-7-13(14)9-11(12)5-1;1-3-7-11(8-4-1)12-9-5-2-6-10-12;1-7-5-3-2-4-6-7;1-4(2)3;2*1-3-4-2;;;;;;/h1-9H;1-9H;2-6H,1H2;1-3H3;3H,4H2,1-2H3;1,3-4H2,2H3;;;;;;/q6*-1;6*+1. The Morgan fingerprint density at radius 1 is 0.588 bits per heavy atom. The molecule has 0 nitrogen and oxygen atoms in total. The molecule has 6 aromatic rings. The topological polar surface area (TPSA) is 0 Å². The molecule has 0 radical (unpaired) electrons. The molecule has 6 heteroatoms. The molecule has 0 aliphatic heterocycles. The molecular weight excluding hydrogens is 582 g/mol. The number of unbranched alkanes of at least 4 members (excludes halogenated alkanes) is 2. The van der Waals surface area contributed by atoms with Crippen molar-refractivity contribution in [3.63, 3.8) is 0 Å². The first-order valence-corrected chi connectivity index (χ1v) is 15.9. The third-order valence-corrected chi connectivity index (χ3v) is 5.90. The second-order valence-electron chi connectivity index (χ2n) is 10.7. The van der Waals surface area contributed by atoms with E-state index in [1.165, 1.54) is 45.9 Å². The molecule has 0 heterocycles. The molecule has 6 aromatic carbocycles. The number of benzene rings is 6. The van der Waals surface area contributed by atoms with Gasteiger partial charge in [-0.2, -0.15) is 65.2 Å². The summed E-state index contributed by atoms with van der Waals surface area (Å²) in [6, 6.07) is 53.6. The molecule has 51 heavy (non-hydrogen) atoms. The Hall–Kier alpha value is -0.706. The molecule has 0 N–H and O–H groups in total. The third kappa shape index (κ3) is 31.4. The van der Waals surface area contributed by atoms with Gasteiger partial charge >= 0.3 is 113 Å². The fourth-order valence-corrected chi connectivity index (χ4v) is 3.45. The van der Waals surface area contributed by atoms with Crippen molar-refractivity contribution >= 4 is 21.5 Å².